The van der Waals surface area contributed by atoms with Crippen molar-refractivity contribution in [2.24, 2.45) is 10.8 Å². The van der Waals surface area contributed by atoms with Crippen LogP contribution in [-0.4, -0.2) is 11.5 Å². The number of rotatable bonds is 3. The normalized spacial score (nSPS) is 17.1. The quantitative estimate of drug-likeness (QED) is 0.917. The lowest BCUT2D eigenvalue weighted by Gasteiger charge is -2.30. The first-order valence-electron chi connectivity index (χ1n) is 7.62. The average Bonchev–Trinajstić information content (AvgIpc) is 2.62. The third-order valence-corrected chi connectivity index (χ3v) is 4.21. The number of nitriles is 1. The summed E-state index contributed by atoms with van der Waals surface area (Å²) in [5, 5.41) is 16.1. The number of hydrogen-bond donors (Lipinski definition) is 1. The van der Waals surface area contributed by atoms with Crippen LogP contribution in [0, 0.1) is 11.3 Å². The standard InChI is InChI=1S/C19H15ClN4O/c1-12(25)18-17(13-5-3-2-4-6-13)16(11-21)19(22)24(23-18)15-9-7-14(20)8-10-15/h2-10,17H,22H2,1H3/t17-/m1/s1. The number of nitrogens with two attached hydrogens (primary N) is 1. The molecule has 6 heteroatoms. The average molecular weight is 351 g/mol. The Bertz CT molecular complexity index is 911. The molecule has 1 aliphatic rings. The Morgan fingerprint density at radius 1 is 1.20 bits per heavy atom. The molecule has 0 bridgehead atoms. The van der Waals surface area contributed by atoms with E-state index in [1.807, 2.05) is 30.3 Å². The van der Waals surface area contributed by atoms with Crippen LogP contribution in [0.5, 0.6) is 0 Å². The van der Waals surface area contributed by atoms with E-state index < -0.39 is 5.92 Å². The summed E-state index contributed by atoms with van der Waals surface area (Å²) in [4.78, 5) is 12.2. The van der Waals surface area contributed by atoms with Crippen molar-refractivity contribution in [2.75, 3.05) is 5.01 Å². The predicted octanol–water partition coefficient (Wildman–Crippen LogP) is 3.58. The highest BCUT2D eigenvalue weighted by Crippen LogP contribution is 2.34. The summed E-state index contributed by atoms with van der Waals surface area (Å²) >= 11 is 5.92. The molecule has 1 heterocycles. The first-order chi connectivity index (χ1) is 12.0. The molecule has 0 saturated heterocycles. The van der Waals surface area contributed by atoms with Gasteiger partial charge in [0.1, 0.15) is 11.5 Å². The molecule has 0 aliphatic carbocycles. The predicted molar refractivity (Wildman–Crippen MR) is 98.1 cm³/mol. The van der Waals surface area contributed by atoms with Gasteiger partial charge < -0.3 is 5.73 Å². The molecule has 0 amide bonds. The van der Waals surface area contributed by atoms with E-state index in [1.54, 1.807) is 24.3 Å². The van der Waals surface area contributed by atoms with E-state index in [1.165, 1.54) is 11.9 Å². The molecule has 0 spiro atoms. The number of hydrazone groups is 1. The zero-order valence-corrected chi connectivity index (χ0v) is 14.2. The van der Waals surface area contributed by atoms with E-state index in [-0.39, 0.29) is 17.3 Å². The lowest BCUT2D eigenvalue weighted by atomic mass is 9.85. The topological polar surface area (TPSA) is 82.5 Å². The zero-order valence-electron chi connectivity index (χ0n) is 13.5. The minimum Gasteiger partial charge on any atom is -0.383 e. The molecule has 124 valence electrons. The number of Topliss-reactive ketones (excluding diaryl/α,β-unsaturated/α-hetero) is 1. The summed E-state index contributed by atoms with van der Waals surface area (Å²) in [5.41, 5.74) is 8.21. The Kier molecular flexibility index (Phi) is 4.55. The van der Waals surface area contributed by atoms with Crippen molar-refractivity contribution in [2.45, 2.75) is 12.8 Å². The molecule has 0 unspecified atom stereocenters. The van der Waals surface area contributed by atoms with Crippen LogP contribution in [0.15, 0.2) is 71.1 Å². The number of benzene rings is 2. The van der Waals surface area contributed by atoms with Gasteiger partial charge in [-0.25, -0.2) is 5.01 Å². The molecule has 2 aromatic carbocycles. The van der Waals surface area contributed by atoms with Gasteiger partial charge in [-0.2, -0.15) is 10.4 Å². The van der Waals surface area contributed by atoms with Gasteiger partial charge in [0.15, 0.2) is 5.78 Å². The number of carbonyl (C=O) groups excluding carboxylic acids is 1. The van der Waals surface area contributed by atoms with Crippen LogP contribution in [0.3, 0.4) is 0 Å². The Morgan fingerprint density at radius 2 is 1.84 bits per heavy atom. The van der Waals surface area contributed by atoms with Crippen molar-refractivity contribution < 1.29 is 4.79 Å². The first-order valence-corrected chi connectivity index (χ1v) is 8.00. The third kappa shape index (κ3) is 3.12. The van der Waals surface area contributed by atoms with Crippen LogP contribution in [0.2, 0.25) is 5.02 Å². The summed E-state index contributed by atoms with van der Waals surface area (Å²) in [5.74, 6) is -0.594. The van der Waals surface area contributed by atoms with Gasteiger partial charge in [-0.1, -0.05) is 41.9 Å². The highest BCUT2D eigenvalue weighted by atomic mass is 35.5. The number of halogens is 1. The van der Waals surface area contributed by atoms with Gasteiger partial charge in [0, 0.05) is 11.9 Å². The molecule has 5 nitrogen and oxygen atoms in total. The molecule has 1 atom stereocenters. The smallest absolute Gasteiger partial charge is 0.176 e. The summed E-state index contributed by atoms with van der Waals surface area (Å²) in [7, 11) is 0. The highest BCUT2D eigenvalue weighted by Gasteiger charge is 2.34. The van der Waals surface area contributed by atoms with Gasteiger partial charge in [0.25, 0.3) is 0 Å². The number of anilines is 1. The second-order valence-electron chi connectivity index (χ2n) is 5.58. The summed E-state index contributed by atoms with van der Waals surface area (Å²) in [6.45, 7) is 1.44. The van der Waals surface area contributed by atoms with Gasteiger partial charge in [0.05, 0.1) is 23.2 Å². The van der Waals surface area contributed by atoms with E-state index in [0.29, 0.717) is 16.3 Å². The van der Waals surface area contributed by atoms with E-state index in [4.69, 9.17) is 17.3 Å². The van der Waals surface area contributed by atoms with Crippen LogP contribution in [0.25, 0.3) is 0 Å². The summed E-state index contributed by atoms with van der Waals surface area (Å²) in [6, 6.07) is 18.3. The van der Waals surface area contributed by atoms with E-state index in [0.717, 1.165) is 5.56 Å². The minimum absolute atomic E-state index is 0.198. The van der Waals surface area contributed by atoms with Gasteiger partial charge in [0.2, 0.25) is 0 Å². The van der Waals surface area contributed by atoms with Crippen molar-refractivity contribution in [1.29, 1.82) is 5.26 Å². The Labute approximate surface area is 150 Å². The SMILES string of the molecule is CC(=O)C1=NN(c2ccc(Cl)cc2)C(N)=C(C#N)[C@H]1c1ccccc1. The molecule has 0 radical (unpaired) electrons. The van der Waals surface area contributed by atoms with Crippen molar-refractivity contribution in [3.63, 3.8) is 0 Å². The second-order valence-corrected chi connectivity index (χ2v) is 6.02. The van der Waals surface area contributed by atoms with Crippen LogP contribution < -0.4 is 10.7 Å². The van der Waals surface area contributed by atoms with Crippen LogP contribution in [0.4, 0.5) is 5.69 Å². The van der Waals surface area contributed by atoms with E-state index >= 15 is 0 Å². The van der Waals surface area contributed by atoms with Gasteiger partial charge in [-0.15, -0.1) is 0 Å². The maximum Gasteiger partial charge on any atom is 0.176 e. The molecule has 25 heavy (non-hydrogen) atoms. The Morgan fingerprint density at radius 3 is 2.40 bits per heavy atom. The van der Waals surface area contributed by atoms with Crippen LogP contribution >= 0.6 is 11.6 Å². The summed E-state index contributed by atoms with van der Waals surface area (Å²) < 4.78 is 0. The molecular formula is C19H15ClN4O. The first kappa shape index (κ1) is 16.7. The molecule has 1 aliphatic heterocycles. The molecule has 0 saturated carbocycles. The van der Waals surface area contributed by atoms with Crippen molar-refractivity contribution >= 4 is 28.8 Å². The number of carbonyl (C=O) groups is 1. The Hall–Kier alpha value is -3.10. The minimum atomic E-state index is -0.577. The lowest BCUT2D eigenvalue weighted by Crippen LogP contribution is -2.36. The maximum absolute atomic E-state index is 12.2. The third-order valence-electron chi connectivity index (χ3n) is 3.96. The number of hydrogen-bond acceptors (Lipinski definition) is 5. The van der Waals surface area contributed by atoms with Gasteiger partial charge >= 0.3 is 0 Å². The fourth-order valence-electron chi connectivity index (χ4n) is 2.76. The fourth-order valence-corrected chi connectivity index (χ4v) is 2.89. The molecule has 0 aromatic heterocycles. The molecule has 2 N–H and O–H groups in total. The number of ketones is 1. The molecular weight excluding hydrogens is 336 g/mol. The van der Waals surface area contributed by atoms with Gasteiger partial charge in [-0.05, 0) is 29.8 Å². The monoisotopic (exact) mass is 350 g/mol. The number of nitrogens with zero attached hydrogens (tertiary/aromatic N) is 3. The lowest BCUT2D eigenvalue weighted by molar-refractivity contribution is -0.111. The zero-order chi connectivity index (χ0) is 18.0. The largest absolute Gasteiger partial charge is 0.383 e. The van der Waals surface area contributed by atoms with Crippen LogP contribution in [-0.2, 0) is 4.79 Å². The van der Waals surface area contributed by atoms with E-state index in [9.17, 15) is 10.1 Å². The Balaban J connectivity index is 2.17. The molecule has 0 fully saturated rings. The van der Waals surface area contributed by atoms with Crippen molar-refractivity contribution in [3.05, 3.63) is 76.6 Å². The van der Waals surface area contributed by atoms with Gasteiger partial charge in [-0.3, -0.25) is 4.79 Å². The molecule has 3 rings (SSSR count). The van der Waals surface area contributed by atoms with Crippen molar-refractivity contribution in [1.82, 2.24) is 0 Å². The maximum atomic E-state index is 12.2. The van der Waals surface area contributed by atoms with Crippen molar-refractivity contribution in [3.8, 4) is 6.07 Å². The van der Waals surface area contributed by atoms with E-state index in [2.05, 4.69) is 11.2 Å². The highest BCUT2D eigenvalue weighted by molar-refractivity contribution is 6.42. The number of allylic oxidation sites excluding steroid dienone is 1. The summed E-state index contributed by atoms with van der Waals surface area (Å²) in [6.07, 6.45) is 0. The molecule has 2 aromatic rings. The fraction of sp³-hybridized carbons (Fsp3) is 0.105. The second kappa shape index (κ2) is 6.80. The van der Waals surface area contributed by atoms with Crippen LogP contribution in [0.1, 0.15) is 18.4 Å².